The van der Waals surface area contributed by atoms with Crippen molar-refractivity contribution in [1.29, 1.82) is 5.41 Å². The predicted octanol–water partition coefficient (Wildman–Crippen LogP) is 2.30. The van der Waals surface area contributed by atoms with Crippen molar-refractivity contribution in [2.75, 3.05) is 14.1 Å². The Morgan fingerprint density at radius 1 is 1.41 bits per heavy atom. The Morgan fingerprint density at radius 2 is 1.94 bits per heavy atom. The summed E-state index contributed by atoms with van der Waals surface area (Å²) in [4.78, 5) is 12.1. The van der Waals surface area contributed by atoms with E-state index < -0.39 is 4.92 Å². The highest BCUT2D eigenvalue weighted by Crippen LogP contribution is 2.14. The van der Waals surface area contributed by atoms with Crippen molar-refractivity contribution in [3.8, 4) is 0 Å². The van der Waals surface area contributed by atoms with E-state index in [1.807, 2.05) is 25.9 Å². The van der Waals surface area contributed by atoms with E-state index in [0.29, 0.717) is 12.1 Å². The van der Waals surface area contributed by atoms with Gasteiger partial charge in [-0.25, -0.2) is 0 Å². The summed E-state index contributed by atoms with van der Waals surface area (Å²) in [5.41, 5.74) is 1.30. The normalized spacial score (nSPS) is 12.5. The van der Waals surface area contributed by atoms with E-state index in [1.54, 1.807) is 12.1 Å². The molecule has 0 radical (unpaired) electrons. The monoisotopic (exact) mass is 235 g/mol. The summed E-state index contributed by atoms with van der Waals surface area (Å²) in [6.07, 6.45) is 0.630. The highest BCUT2D eigenvalue weighted by molar-refractivity contribution is 5.98. The van der Waals surface area contributed by atoms with Crippen molar-refractivity contribution in [1.82, 2.24) is 4.90 Å². The molecule has 92 valence electrons. The van der Waals surface area contributed by atoms with Crippen LogP contribution in [0.15, 0.2) is 24.3 Å². The highest BCUT2D eigenvalue weighted by Gasteiger charge is 2.11. The zero-order valence-electron chi connectivity index (χ0n) is 10.3. The fourth-order valence-corrected chi connectivity index (χ4v) is 1.38. The second kappa shape index (κ2) is 5.54. The van der Waals surface area contributed by atoms with Crippen LogP contribution in [0.1, 0.15) is 18.9 Å². The van der Waals surface area contributed by atoms with Gasteiger partial charge in [0.15, 0.2) is 0 Å². The minimum atomic E-state index is -0.435. The number of rotatable bonds is 5. The van der Waals surface area contributed by atoms with Crippen LogP contribution in [-0.2, 0) is 0 Å². The molecule has 0 saturated carbocycles. The Balaban J connectivity index is 2.73. The fraction of sp³-hybridized carbons (Fsp3) is 0.417. The molecule has 0 heterocycles. The quantitative estimate of drug-likeness (QED) is 0.483. The summed E-state index contributed by atoms with van der Waals surface area (Å²) < 4.78 is 0. The lowest BCUT2D eigenvalue weighted by Gasteiger charge is -2.19. The summed E-state index contributed by atoms with van der Waals surface area (Å²) in [7, 11) is 3.93. The number of nitro groups is 1. The number of hydrogen-bond donors (Lipinski definition) is 1. The van der Waals surface area contributed by atoms with E-state index in [2.05, 4.69) is 0 Å². The standard InChI is InChI=1S/C12H17N3O2/c1-9(14(2)3)8-12(13)10-4-6-11(7-5-10)15(16)17/h4-7,9,13H,8H2,1-3H3. The molecule has 0 fully saturated rings. The minimum absolute atomic E-state index is 0.0576. The number of nitro benzene ring substituents is 1. The van der Waals surface area contributed by atoms with E-state index in [4.69, 9.17) is 5.41 Å². The van der Waals surface area contributed by atoms with Crippen LogP contribution < -0.4 is 0 Å². The van der Waals surface area contributed by atoms with Gasteiger partial charge in [0, 0.05) is 30.3 Å². The van der Waals surface area contributed by atoms with Gasteiger partial charge in [0.25, 0.3) is 5.69 Å². The Kier molecular flexibility index (Phi) is 4.34. The number of benzene rings is 1. The maximum Gasteiger partial charge on any atom is 0.269 e. The summed E-state index contributed by atoms with van der Waals surface area (Å²) in [5.74, 6) is 0. The fourth-order valence-electron chi connectivity index (χ4n) is 1.38. The number of nitrogens with one attached hydrogen (secondary N) is 1. The van der Waals surface area contributed by atoms with E-state index >= 15 is 0 Å². The lowest BCUT2D eigenvalue weighted by Crippen LogP contribution is -2.27. The first kappa shape index (κ1) is 13.3. The molecule has 0 saturated heterocycles. The molecule has 0 bridgehead atoms. The molecule has 0 aliphatic carbocycles. The first-order valence-corrected chi connectivity index (χ1v) is 5.40. The van der Waals surface area contributed by atoms with Crippen LogP contribution in [0, 0.1) is 15.5 Å². The van der Waals surface area contributed by atoms with Crippen molar-refractivity contribution in [2.45, 2.75) is 19.4 Å². The van der Waals surface area contributed by atoms with Crippen LogP contribution in [0.4, 0.5) is 5.69 Å². The largest absolute Gasteiger partial charge is 0.306 e. The van der Waals surface area contributed by atoms with Gasteiger partial charge in [-0.2, -0.15) is 0 Å². The van der Waals surface area contributed by atoms with E-state index in [1.165, 1.54) is 12.1 Å². The molecule has 1 aromatic carbocycles. The van der Waals surface area contributed by atoms with E-state index in [-0.39, 0.29) is 11.7 Å². The summed E-state index contributed by atoms with van der Waals surface area (Å²) in [5, 5.41) is 18.4. The van der Waals surface area contributed by atoms with Crippen molar-refractivity contribution in [3.63, 3.8) is 0 Å². The second-order valence-corrected chi connectivity index (χ2v) is 4.30. The van der Waals surface area contributed by atoms with Crippen LogP contribution in [-0.4, -0.2) is 35.7 Å². The number of nitrogens with zero attached hydrogens (tertiary/aromatic N) is 2. The molecule has 0 aromatic heterocycles. The van der Waals surface area contributed by atoms with Crippen molar-refractivity contribution < 1.29 is 4.92 Å². The summed E-state index contributed by atoms with van der Waals surface area (Å²) in [6, 6.07) is 6.40. The van der Waals surface area contributed by atoms with Crippen molar-refractivity contribution in [3.05, 3.63) is 39.9 Å². The van der Waals surface area contributed by atoms with Gasteiger partial charge >= 0.3 is 0 Å². The zero-order valence-corrected chi connectivity index (χ0v) is 10.3. The molecule has 1 N–H and O–H groups in total. The molecular weight excluding hydrogens is 218 g/mol. The minimum Gasteiger partial charge on any atom is -0.306 e. The first-order chi connectivity index (χ1) is 7.91. The molecule has 1 rings (SSSR count). The average Bonchev–Trinajstić information content (AvgIpc) is 2.28. The number of hydrogen-bond acceptors (Lipinski definition) is 4. The molecule has 0 amide bonds. The van der Waals surface area contributed by atoms with Gasteiger partial charge in [-0.05, 0) is 38.7 Å². The molecule has 5 heteroatoms. The van der Waals surface area contributed by atoms with Crippen LogP contribution in [0.3, 0.4) is 0 Å². The van der Waals surface area contributed by atoms with Gasteiger partial charge in [0.1, 0.15) is 0 Å². The summed E-state index contributed by atoms with van der Waals surface area (Å²) >= 11 is 0. The molecular formula is C12H17N3O2. The third-order valence-electron chi connectivity index (χ3n) is 2.81. The van der Waals surface area contributed by atoms with Gasteiger partial charge in [-0.1, -0.05) is 0 Å². The molecule has 0 aliphatic rings. The highest BCUT2D eigenvalue weighted by atomic mass is 16.6. The van der Waals surface area contributed by atoms with Crippen molar-refractivity contribution in [2.24, 2.45) is 0 Å². The van der Waals surface area contributed by atoms with Gasteiger partial charge < -0.3 is 10.3 Å². The Bertz CT molecular complexity index is 412. The lowest BCUT2D eigenvalue weighted by atomic mass is 10.0. The van der Waals surface area contributed by atoms with Gasteiger partial charge in [0.2, 0.25) is 0 Å². The maximum atomic E-state index is 10.5. The van der Waals surface area contributed by atoms with Gasteiger partial charge in [-0.15, -0.1) is 0 Å². The lowest BCUT2D eigenvalue weighted by molar-refractivity contribution is -0.384. The summed E-state index contributed by atoms with van der Waals surface area (Å²) in [6.45, 7) is 2.04. The molecule has 5 nitrogen and oxygen atoms in total. The molecule has 17 heavy (non-hydrogen) atoms. The molecule has 1 aromatic rings. The maximum absolute atomic E-state index is 10.5. The SMILES string of the molecule is CC(CC(=N)c1ccc([N+](=O)[O-])cc1)N(C)C. The predicted molar refractivity (Wildman–Crippen MR) is 67.7 cm³/mol. The topological polar surface area (TPSA) is 70.2 Å². The van der Waals surface area contributed by atoms with Crippen LogP contribution in [0.2, 0.25) is 0 Å². The van der Waals surface area contributed by atoms with Crippen LogP contribution in [0.5, 0.6) is 0 Å². The Morgan fingerprint density at radius 3 is 2.35 bits per heavy atom. The smallest absolute Gasteiger partial charge is 0.269 e. The second-order valence-electron chi connectivity index (χ2n) is 4.30. The third-order valence-corrected chi connectivity index (χ3v) is 2.81. The van der Waals surface area contributed by atoms with Gasteiger partial charge in [-0.3, -0.25) is 10.1 Å². The van der Waals surface area contributed by atoms with Gasteiger partial charge in [0.05, 0.1) is 4.92 Å². The first-order valence-electron chi connectivity index (χ1n) is 5.40. The van der Waals surface area contributed by atoms with Crippen LogP contribution >= 0.6 is 0 Å². The third kappa shape index (κ3) is 3.64. The van der Waals surface area contributed by atoms with E-state index in [9.17, 15) is 10.1 Å². The molecule has 1 unspecified atom stereocenters. The average molecular weight is 235 g/mol. The van der Waals surface area contributed by atoms with Crippen LogP contribution in [0.25, 0.3) is 0 Å². The van der Waals surface area contributed by atoms with Crippen molar-refractivity contribution >= 4 is 11.4 Å². The molecule has 0 aliphatic heterocycles. The van der Waals surface area contributed by atoms with E-state index in [0.717, 1.165) is 5.56 Å². The zero-order chi connectivity index (χ0) is 13.0. The Hall–Kier alpha value is -1.75. The molecule has 0 spiro atoms. The molecule has 1 atom stereocenters. The Labute approximate surface area is 101 Å². The number of non-ortho nitro benzene ring substituents is 1.